The van der Waals surface area contributed by atoms with E-state index in [2.05, 4.69) is 36.3 Å². The van der Waals surface area contributed by atoms with Crippen LogP contribution in [-0.2, 0) is 5.54 Å². The number of nitrogen functional groups attached to an aromatic ring is 1. The molecule has 2 N–H and O–H groups in total. The normalized spacial score (nSPS) is 11.8. The average molecular weight is 231 g/mol. The molecule has 0 saturated heterocycles. The van der Waals surface area contributed by atoms with E-state index in [0.29, 0.717) is 0 Å². The molecule has 5 nitrogen and oxygen atoms in total. The fourth-order valence-electron chi connectivity index (χ4n) is 1.60. The van der Waals surface area contributed by atoms with Crippen molar-refractivity contribution in [1.29, 1.82) is 0 Å². The molecule has 0 aliphatic carbocycles. The Morgan fingerprint density at radius 1 is 1.24 bits per heavy atom. The maximum atomic E-state index is 5.91. The Morgan fingerprint density at radius 2 is 1.94 bits per heavy atom. The highest BCUT2D eigenvalue weighted by Gasteiger charge is 2.20. The summed E-state index contributed by atoms with van der Waals surface area (Å²) in [7, 11) is 0. The first-order valence-corrected chi connectivity index (χ1v) is 5.55. The number of anilines is 1. The number of nitrogens with two attached hydrogens (primary N) is 1. The van der Waals surface area contributed by atoms with E-state index in [4.69, 9.17) is 5.73 Å². The Kier molecular flexibility index (Phi) is 2.61. The number of aryl methyl sites for hydroxylation is 1. The summed E-state index contributed by atoms with van der Waals surface area (Å²) in [5.74, 6) is 0.740. The summed E-state index contributed by atoms with van der Waals surface area (Å²) in [4.78, 5) is 0. The zero-order valence-electron chi connectivity index (χ0n) is 10.6. The molecule has 0 bridgehead atoms. The molecule has 2 rings (SSSR count). The Labute approximate surface area is 101 Å². The standard InChI is InChI=1S/C12H17N5/c1-8-5-6-9(7-10(8)13)11-14-15-16-17(11)12(2,3)4/h5-7H,13H2,1-4H3. The lowest BCUT2D eigenvalue weighted by Crippen LogP contribution is -2.24. The monoisotopic (exact) mass is 231 g/mol. The van der Waals surface area contributed by atoms with Crippen LogP contribution in [0.15, 0.2) is 18.2 Å². The zero-order chi connectivity index (χ0) is 12.6. The molecule has 0 atom stereocenters. The number of nitrogens with zero attached hydrogens (tertiary/aromatic N) is 4. The first-order valence-electron chi connectivity index (χ1n) is 5.55. The van der Waals surface area contributed by atoms with Gasteiger partial charge in [0.2, 0.25) is 0 Å². The molecule has 0 fully saturated rings. The van der Waals surface area contributed by atoms with Gasteiger partial charge in [-0.05, 0) is 49.8 Å². The second-order valence-corrected chi connectivity index (χ2v) is 5.16. The molecule has 0 spiro atoms. The Morgan fingerprint density at radius 3 is 2.53 bits per heavy atom. The third kappa shape index (κ3) is 2.13. The molecular weight excluding hydrogens is 214 g/mol. The van der Waals surface area contributed by atoms with Crippen LogP contribution in [0.2, 0.25) is 0 Å². The van der Waals surface area contributed by atoms with Crippen molar-refractivity contribution in [3.63, 3.8) is 0 Å². The Hall–Kier alpha value is -1.91. The predicted molar refractivity (Wildman–Crippen MR) is 67.4 cm³/mol. The molecule has 5 heteroatoms. The van der Waals surface area contributed by atoms with Crippen molar-refractivity contribution < 1.29 is 0 Å². The molecule has 0 amide bonds. The molecule has 0 saturated carbocycles. The highest BCUT2D eigenvalue weighted by atomic mass is 15.6. The molecule has 90 valence electrons. The molecule has 0 aliphatic heterocycles. The lowest BCUT2D eigenvalue weighted by atomic mass is 10.1. The van der Waals surface area contributed by atoms with Crippen LogP contribution in [0.25, 0.3) is 11.4 Å². The molecular formula is C12H17N5. The van der Waals surface area contributed by atoms with Crippen molar-refractivity contribution in [3.8, 4) is 11.4 Å². The smallest absolute Gasteiger partial charge is 0.182 e. The summed E-state index contributed by atoms with van der Waals surface area (Å²) in [5.41, 5.74) is 8.51. The largest absolute Gasteiger partial charge is 0.398 e. The second-order valence-electron chi connectivity index (χ2n) is 5.16. The third-order valence-electron chi connectivity index (χ3n) is 2.64. The van der Waals surface area contributed by atoms with E-state index in [1.807, 2.05) is 25.1 Å². The molecule has 0 radical (unpaired) electrons. The summed E-state index contributed by atoms with van der Waals surface area (Å²) in [6.45, 7) is 8.16. The van der Waals surface area contributed by atoms with Crippen LogP contribution in [0.4, 0.5) is 5.69 Å². The Balaban J connectivity index is 2.54. The van der Waals surface area contributed by atoms with Crippen molar-refractivity contribution in [1.82, 2.24) is 20.2 Å². The number of hydrogen-bond donors (Lipinski definition) is 1. The molecule has 17 heavy (non-hydrogen) atoms. The lowest BCUT2D eigenvalue weighted by Gasteiger charge is -2.20. The van der Waals surface area contributed by atoms with Crippen molar-refractivity contribution in [2.24, 2.45) is 0 Å². The van der Waals surface area contributed by atoms with Gasteiger partial charge >= 0.3 is 0 Å². The van der Waals surface area contributed by atoms with Gasteiger partial charge in [0.1, 0.15) is 0 Å². The van der Waals surface area contributed by atoms with Crippen molar-refractivity contribution in [2.75, 3.05) is 5.73 Å². The fraction of sp³-hybridized carbons (Fsp3) is 0.417. The van der Waals surface area contributed by atoms with E-state index in [-0.39, 0.29) is 5.54 Å². The fourth-order valence-corrected chi connectivity index (χ4v) is 1.60. The molecule has 2 aromatic rings. The molecule has 1 heterocycles. The SMILES string of the molecule is Cc1ccc(-c2nnnn2C(C)(C)C)cc1N. The van der Waals surface area contributed by atoms with Gasteiger partial charge in [-0.25, -0.2) is 4.68 Å². The molecule has 1 aromatic carbocycles. The van der Waals surface area contributed by atoms with E-state index in [9.17, 15) is 0 Å². The minimum Gasteiger partial charge on any atom is -0.398 e. The van der Waals surface area contributed by atoms with Gasteiger partial charge in [0, 0.05) is 11.3 Å². The van der Waals surface area contributed by atoms with E-state index < -0.39 is 0 Å². The van der Waals surface area contributed by atoms with Crippen LogP contribution < -0.4 is 5.73 Å². The van der Waals surface area contributed by atoms with Gasteiger partial charge in [-0.2, -0.15) is 0 Å². The van der Waals surface area contributed by atoms with Crippen molar-refractivity contribution in [2.45, 2.75) is 33.2 Å². The predicted octanol–water partition coefficient (Wildman–Crippen LogP) is 1.99. The maximum absolute atomic E-state index is 5.91. The van der Waals surface area contributed by atoms with Crippen LogP contribution in [0.5, 0.6) is 0 Å². The summed E-state index contributed by atoms with van der Waals surface area (Å²) in [6, 6.07) is 5.87. The number of hydrogen-bond acceptors (Lipinski definition) is 4. The second kappa shape index (κ2) is 3.84. The highest BCUT2D eigenvalue weighted by molar-refractivity contribution is 5.63. The Bertz CT molecular complexity index is 536. The number of tetrazole rings is 1. The van der Waals surface area contributed by atoms with Gasteiger partial charge in [-0.3, -0.25) is 0 Å². The van der Waals surface area contributed by atoms with Gasteiger partial charge < -0.3 is 5.73 Å². The van der Waals surface area contributed by atoms with E-state index in [1.54, 1.807) is 4.68 Å². The number of benzene rings is 1. The zero-order valence-corrected chi connectivity index (χ0v) is 10.6. The topological polar surface area (TPSA) is 69.6 Å². The quantitative estimate of drug-likeness (QED) is 0.762. The van der Waals surface area contributed by atoms with Gasteiger partial charge in [0.05, 0.1) is 5.54 Å². The number of aromatic nitrogens is 4. The summed E-state index contributed by atoms with van der Waals surface area (Å²) in [5, 5.41) is 11.8. The molecule has 1 aromatic heterocycles. The number of rotatable bonds is 1. The van der Waals surface area contributed by atoms with E-state index in [1.165, 1.54) is 0 Å². The van der Waals surface area contributed by atoms with Crippen LogP contribution in [0.3, 0.4) is 0 Å². The van der Waals surface area contributed by atoms with Gasteiger partial charge in [0.25, 0.3) is 0 Å². The summed E-state index contributed by atoms with van der Waals surface area (Å²) >= 11 is 0. The van der Waals surface area contributed by atoms with E-state index >= 15 is 0 Å². The molecule has 0 unspecified atom stereocenters. The minimum atomic E-state index is -0.154. The summed E-state index contributed by atoms with van der Waals surface area (Å²) < 4.78 is 1.80. The van der Waals surface area contributed by atoms with E-state index in [0.717, 1.165) is 22.6 Å². The lowest BCUT2D eigenvalue weighted by molar-refractivity contribution is 0.351. The third-order valence-corrected chi connectivity index (χ3v) is 2.64. The first kappa shape index (κ1) is 11.6. The van der Waals surface area contributed by atoms with Gasteiger partial charge in [0.15, 0.2) is 5.82 Å². The van der Waals surface area contributed by atoms with Crippen LogP contribution >= 0.6 is 0 Å². The summed E-state index contributed by atoms with van der Waals surface area (Å²) in [6.07, 6.45) is 0. The minimum absolute atomic E-state index is 0.154. The highest BCUT2D eigenvalue weighted by Crippen LogP contribution is 2.25. The van der Waals surface area contributed by atoms with Crippen molar-refractivity contribution in [3.05, 3.63) is 23.8 Å². The molecule has 0 aliphatic rings. The van der Waals surface area contributed by atoms with Crippen LogP contribution in [0.1, 0.15) is 26.3 Å². The van der Waals surface area contributed by atoms with Crippen molar-refractivity contribution >= 4 is 5.69 Å². The van der Waals surface area contributed by atoms with Gasteiger partial charge in [-0.15, -0.1) is 5.10 Å². The first-order chi connectivity index (χ1) is 7.89. The van der Waals surface area contributed by atoms with Crippen LogP contribution in [0, 0.1) is 6.92 Å². The van der Waals surface area contributed by atoms with Crippen LogP contribution in [-0.4, -0.2) is 20.2 Å². The van der Waals surface area contributed by atoms with Gasteiger partial charge in [-0.1, -0.05) is 12.1 Å². The average Bonchev–Trinajstić information content (AvgIpc) is 2.70. The maximum Gasteiger partial charge on any atom is 0.182 e.